The van der Waals surface area contributed by atoms with Crippen LogP contribution in [0.2, 0.25) is 0 Å². The van der Waals surface area contributed by atoms with Crippen LogP contribution in [0.1, 0.15) is 59.8 Å². The molecule has 0 spiro atoms. The van der Waals surface area contributed by atoms with Crippen molar-refractivity contribution in [3.8, 4) is 0 Å². The van der Waals surface area contributed by atoms with Crippen LogP contribution in [0.5, 0.6) is 0 Å². The zero-order chi connectivity index (χ0) is 16.3. The van der Waals surface area contributed by atoms with Gasteiger partial charge >= 0.3 is 6.09 Å². The van der Waals surface area contributed by atoms with Crippen molar-refractivity contribution in [2.45, 2.75) is 71.4 Å². The van der Waals surface area contributed by atoms with E-state index < -0.39 is 11.7 Å². The number of nitrogens with zero attached hydrogens (tertiary/aromatic N) is 1. The molecule has 2 rings (SSSR count). The maximum Gasteiger partial charge on any atom is 0.408 e. The first-order chi connectivity index (χ1) is 10.3. The zero-order valence-corrected chi connectivity index (χ0v) is 14.4. The van der Waals surface area contributed by atoms with E-state index in [0.717, 1.165) is 19.4 Å². The lowest BCUT2D eigenvalue weighted by Gasteiger charge is -2.47. The van der Waals surface area contributed by atoms with Crippen LogP contribution in [0.4, 0.5) is 4.79 Å². The maximum atomic E-state index is 12.5. The lowest BCUT2D eigenvalue weighted by atomic mass is 9.72. The monoisotopic (exact) mass is 310 g/mol. The van der Waals surface area contributed by atoms with Gasteiger partial charge in [0.05, 0.1) is 0 Å². The van der Waals surface area contributed by atoms with Crippen LogP contribution in [0, 0.1) is 11.8 Å². The Hall–Kier alpha value is -1.26. The molecule has 1 aliphatic heterocycles. The van der Waals surface area contributed by atoms with Gasteiger partial charge in [-0.15, -0.1) is 0 Å². The summed E-state index contributed by atoms with van der Waals surface area (Å²) in [4.78, 5) is 26.2. The molecule has 0 bridgehead atoms. The largest absolute Gasteiger partial charge is 0.444 e. The highest BCUT2D eigenvalue weighted by Gasteiger charge is 2.39. The molecule has 1 heterocycles. The van der Waals surface area contributed by atoms with Gasteiger partial charge in [0.25, 0.3) is 0 Å². The third-order valence-corrected chi connectivity index (χ3v) is 4.84. The third kappa shape index (κ3) is 4.37. The SMILES string of the molecule is C[C@@H]1CCN(C(=O)CNC(=O)OC(C)(C)C)[C@H]2CCCC[C@@H]12. The molecule has 0 aromatic rings. The number of hydrogen-bond acceptors (Lipinski definition) is 3. The van der Waals surface area contributed by atoms with E-state index in [1.54, 1.807) is 0 Å². The van der Waals surface area contributed by atoms with Gasteiger partial charge < -0.3 is 15.0 Å². The van der Waals surface area contributed by atoms with E-state index in [1.165, 1.54) is 19.3 Å². The Bertz CT molecular complexity index is 417. The van der Waals surface area contributed by atoms with E-state index in [9.17, 15) is 9.59 Å². The fourth-order valence-electron chi connectivity index (χ4n) is 3.79. The first-order valence-electron chi connectivity index (χ1n) is 8.54. The van der Waals surface area contributed by atoms with E-state index in [2.05, 4.69) is 12.2 Å². The molecule has 1 saturated carbocycles. The first kappa shape index (κ1) is 17.1. The fourth-order valence-corrected chi connectivity index (χ4v) is 3.79. The quantitative estimate of drug-likeness (QED) is 0.853. The maximum absolute atomic E-state index is 12.5. The number of piperidine rings is 1. The Labute approximate surface area is 133 Å². The van der Waals surface area contributed by atoms with Crippen LogP contribution in [0.3, 0.4) is 0 Å². The number of amides is 2. The second-order valence-corrected chi connectivity index (χ2v) is 7.72. The van der Waals surface area contributed by atoms with Crippen LogP contribution in [-0.4, -0.2) is 41.6 Å². The Morgan fingerprint density at radius 1 is 1.18 bits per heavy atom. The summed E-state index contributed by atoms with van der Waals surface area (Å²) < 4.78 is 5.18. The standard InChI is InChI=1S/C17H30N2O3/c1-12-9-10-19(14-8-6-5-7-13(12)14)15(20)11-18-16(21)22-17(2,3)4/h12-14H,5-11H2,1-4H3,(H,18,21)/t12-,13+,14+/m1/s1. The van der Waals surface area contributed by atoms with Gasteiger partial charge in [0, 0.05) is 12.6 Å². The van der Waals surface area contributed by atoms with Crippen molar-refractivity contribution in [2.75, 3.05) is 13.1 Å². The summed E-state index contributed by atoms with van der Waals surface area (Å²) in [5, 5.41) is 2.59. The highest BCUT2D eigenvalue weighted by molar-refractivity contribution is 5.82. The van der Waals surface area contributed by atoms with Gasteiger partial charge in [-0.05, 0) is 51.9 Å². The van der Waals surface area contributed by atoms with Gasteiger partial charge in [-0.3, -0.25) is 4.79 Å². The van der Waals surface area contributed by atoms with E-state index in [1.807, 2.05) is 25.7 Å². The molecule has 1 saturated heterocycles. The van der Waals surface area contributed by atoms with Crippen LogP contribution in [0.25, 0.3) is 0 Å². The van der Waals surface area contributed by atoms with Gasteiger partial charge in [0.15, 0.2) is 0 Å². The lowest BCUT2D eigenvalue weighted by Crippen LogP contribution is -2.54. The summed E-state index contributed by atoms with van der Waals surface area (Å²) in [6.45, 7) is 8.60. The number of nitrogens with one attached hydrogen (secondary N) is 1. The molecule has 0 aromatic carbocycles. The number of ether oxygens (including phenoxy) is 1. The number of hydrogen-bond donors (Lipinski definition) is 1. The molecule has 1 N–H and O–H groups in total. The molecule has 0 radical (unpaired) electrons. The van der Waals surface area contributed by atoms with Crippen molar-refractivity contribution in [1.82, 2.24) is 10.2 Å². The van der Waals surface area contributed by atoms with E-state index in [-0.39, 0.29) is 12.5 Å². The summed E-state index contributed by atoms with van der Waals surface area (Å²) in [6.07, 6.45) is 5.37. The number of carbonyl (C=O) groups excluding carboxylic acids is 2. The summed E-state index contributed by atoms with van der Waals surface area (Å²) in [6, 6.07) is 0.366. The number of likely N-dealkylation sites (tertiary alicyclic amines) is 1. The van der Waals surface area contributed by atoms with Gasteiger partial charge in [-0.25, -0.2) is 4.79 Å². The summed E-state index contributed by atoms with van der Waals surface area (Å²) in [5.41, 5.74) is -0.540. The Balaban J connectivity index is 1.87. The normalized spacial score (nSPS) is 28.7. The minimum atomic E-state index is -0.540. The second kappa shape index (κ2) is 6.88. The van der Waals surface area contributed by atoms with E-state index in [0.29, 0.717) is 17.9 Å². The lowest BCUT2D eigenvalue weighted by molar-refractivity contribution is -0.138. The van der Waals surface area contributed by atoms with Crippen LogP contribution < -0.4 is 5.32 Å². The van der Waals surface area contributed by atoms with Gasteiger partial charge in [-0.2, -0.15) is 0 Å². The predicted octanol–water partition coefficient (Wildman–Crippen LogP) is 2.94. The number of rotatable bonds is 2. The topological polar surface area (TPSA) is 58.6 Å². The molecule has 2 aliphatic rings. The molecule has 126 valence electrons. The second-order valence-electron chi connectivity index (χ2n) is 7.72. The average Bonchev–Trinajstić information content (AvgIpc) is 2.44. The van der Waals surface area contributed by atoms with Gasteiger partial charge in [0.1, 0.15) is 12.1 Å². The molecule has 1 aliphatic carbocycles. The van der Waals surface area contributed by atoms with E-state index in [4.69, 9.17) is 4.74 Å². The van der Waals surface area contributed by atoms with Gasteiger partial charge in [0.2, 0.25) is 5.91 Å². The third-order valence-electron chi connectivity index (χ3n) is 4.84. The van der Waals surface area contributed by atoms with Crippen molar-refractivity contribution < 1.29 is 14.3 Å². The molecule has 0 unspecified atom stereocenters. The van der Waals surface area contributed by atoms with E-state index >= 15 is 0 Å². The Morgan fingerprint density at radius 2 is 1.86 bits per heavy atom. The smallest absolute Gasteiger partial charge is 0.408 e. The van der Waals surface area contributed by atoms with Crippen molar-refractivity contribution in [3.63, 3.8) is 0 Å². The van der Waals surface area contributed by atoms with Crippen molar-refractivity contribution in [2.24, 2.45) is 11.8 Å². The molecular weight excluding hydrogens is 280 g/mol. The Kier molecular flexibility index (Phi) is 5.35. The van der Waals surface area contributed by atoms with Crippen molar-refractivity contribution in [1.29, 1.82) is 0 Å². The highest BCUT2D eigenvalue weighted by Crippen LogP contribution is 2.38. The number of fused-ring (bicyclic) bond motifs is 1. The molecule has 0 aromatic heterocycles. The number of carbonyl (C=O) groups is 2. The zero-order valence-electron chi connectivity index (χ0n) is 14.4. The summed E-state index contributed by atoms with van der Waals surface area (Å²) in [5.74, 6) is 1.36. The molecule has 2 amide bonds. The fraction of sp³-hybridized carbons (Fsp3) is 0.882. The molecule has 2 fully saturated rings. The minimum absolute atomic E-state index is 0.0228. The van der Waals surface area contributed by atoms with Gasteiger partial charge in [-0.1, -0.05) is 19.8 Å². The number of alkyl carbamates (subject to hydrolysis) is 1. The summed E-state index contributed by atoms with van der Waals surface area (Å²) in [7, 11) is 0. The predicted molar refractivity (Wildman–Crippen MR) is 85.5 cm³/mol. The molecule has 5 heteroatoms. The van der Waals surface area contributed by atoms with Crippen LogP contribution >= 0.6 is 0 Å². The van der Waals surface area contributed by atoms with Crippen molar-refractivity contribution >= 4 is 12.0 Å². The Morgan fingerprint density at radius 3 is 2.55 bits per heavy atom. The molecule has 5 nitrogen and oxygen atoms in total. The van der Waals surface area contributed by atoms with Crippen molar-refractivity contribution in [3.05, 3.63) is 0 Å². The molecular formula is C17H30N2O3. The molecule has 3 atom stereocenters. The molecule has 22 heavy (non-hydrogen) atoms. The first-order valence-corrected chi connectivity index (χ1v) is 8.54. The average molecular weight is 310 g/mol. The summed E-state index contributed by atoms with van der Waals surface area (Å²) >= 11 is 0. The van der Waals surface area contributed by atoms with Crippen LogP contribution in [-0.2, 0) is 9.53 Å². The minimum Gasteiger partial charge on any atom is -0.444 e. The highest BCUT2D eigenvalue weighted by atomic mass is 16.6. The van der Waals surface area contributed by atoms with Crippen LogP contribution in [0.15, 0.2) is 0 Å².